The quantitative estimate of drug-likeness (QED) is 0.602. The molecule has 134 valence electrons. The predicted molar refractivity (Wildman–Crippen MR) is 103 cm³/mol. The molecular weight excluding hydrogens is 362 g/mol. The van der Waals surface area contributed by atoms with E-state index in [1.165, 1.54) is 4.90 Å². The lowest BCUT2D eigenvalue weighted by atomic mass is 10.1. The lowest BCUT2D eigenvalue weighted by Gasteiger charge is -2.26. The number of carbonyl (C=O) groups excluding carboxylic acids is 2. The van der Waals surface area contributed by atoms with Gasteiger partial charge in [0.15, 0.2) is 0 Å². The highest BCUT2D eigenvalue weighted by Crippen LogP contribution is 2.32. The highest BCUT2D eigenvalue weighted by molar-refractivity contribution is 6.30. The van der Waals surface area contributed by atoms with E-state index in [1.54, 1.807) is 48.5 Å². The fourth-order valence-electron chi connectivity index (χ4n) is 3.19. The molecule has 2 amide bonds. The number of carbonyl (C=O) groups is 2. The van der Waals surface area contributed by atoms with Crippen LogP contribution in [0.1, 0.15) is 32.3 Å². The molecule has 4 rings (SSSR count). The third-order valence-corrected chi connectivity index (χ3v) is 4.79. The van der Waals surface area contributed by atoms with Gasteiger partial charge in [-0.2, -0.15) is 0 Å². The van der Waals surface area contributed by atoms with Crippen LogP contribution in [0.5, 0.6) is 5.75 Å². The van der Waals surface area contributed by atoms with E-state index < -0.39 is 6.04 Å². The van der Waals surface area contributed by atoms with Gasteiger partial charge < -0.3 is 4.74 Å². The van der Waals surface area contributed by atoms with Gasteiger partial charge in [0.25, 0.3) is 11.8 Å². The Labute approximate surface area is 161 Å². The van der Waals surface area contributed by atoms with Crippen LogP contribution in [0.25, 0.3) is 0 Å². The molecule has 3 aromatic carbocycles. The first-order chi connectivity index (χ1) is 13.1. The summed E-state index contributed by atoms with van der Waals surface area (Å²) in [6.45, 7) is 0.150. The van der Waals surface area contributed by atoms with E-state index in [4.69, 9.17) is 16.3 Å². The maximum Gasteiger partial charge on any atom is 0.262 e. The first-order valence-corrected chi connectivity index (χ1v) is 8.93. The second-order valence-electron chi connectivity index (χ2n) is 6.22. The monoisotopic (exact) mass is 377 g/mol. The maximum absolute atomic E-state index is 12.9. The van der Waals surface area contributed by atoms with Gasteiger partial charge in [0.05, 0.1) is 17.2 Å². The van der Waals surface area contributed by atoms with E-state index in [9.17, 15) is 9.59 Å². The molecule has 0 saturated heterocycles. The molecule has 3 aromatic rings. The zero-order valence-electron chi connectivity index (χ0n) is 14.3. The van der Waals surface area contributed by atoms with Gasteiger partial charge in [0.2, 0.25) is 0 Å². The molecule has 0 spiro atoms. The average molecular weight is 378 g/mol. The summed E-state index contributed by atoms with van der Waals surface area (Å²) in [6, 6.07) is 22.7. The molecule has 1 aliphatic rings. The van der Waals surface area contributed by atoms with Crippen LogP contribution in [0.4, 0.5) is 0 Å². The van der Waals surface area contributed by atoms with Gasteiger partial charge in [-0.15, -0.1) is 0 Å². The smallest absolute Gasteiger partial charge is 0.262 e. The lowest BCUT2D eigenvalue weighted by molar-refractivity contribution is 0.0529. The van der Waals surface area contributed by atoms with Crippen molar-refractivity contribution in [2.75, 3.05) is 6.61 Å². The minimum absolute atomic E-state index is 0.150. The van der Waals surface area contributed by atoms with E-state index in [0.717, 1.165) is 5.56 Å². The van der Waals surface area contributed by atoms with Crippen molar-refractivity contribution >= 4 is 23.4 Å². The fourth-order valence-corrected chi connectivity index (χ4v) is 3.32. The number of nitrogens with zero attached hydrogens (tertiary/aromatic N) is 1. The summed E-state index contributed by atoms with van der Waals surface area (Å²) in [5, 5.41) is 0.613. The van der Waals surface area contributed by atoms with Crippen molar-refractivity contribution in [1.82, 2.24) is 4.90 Å². The van der Waals surface area contributed by atoms with E-state index in [1.807, 2.05) is 30.3 Å². The number of hydrogen-bond acceptors (Lipinski definition) is 3. The zero-order chi connectivity index (χ0) is 18.8. The van der Waals surface area contributed by atoms with Crippen LogP contribution < -0.4 is 4.74 Å². The van der Waals surface area contributed by atoms with Crippen LogP contribution in [-0.4, -0.2) is 23.3 Å². The largest absolute Gasteiger partial charge is 0.491 e. The summed E-state index contributed by atoms with van der Waals surface area (Å²) in [6.07, 6.45) is 0. The Morgan fingerprint density at radius 1 is 0.778 bits per heavy atom. The highest BCUT2D eigenvalue weighted by atomic mass is 35.5. The van der Waals surface area contributed by atoms with Gasteiger partial charge >= 0.3 is 0 Å². The molecule has 27 heavy (non-hydrogen) atoms. The van der Waals surface area contributed by atoms with Crippen molar-refractivity contribution in [2.24, 2.45) is 0 Å². The molecule has 5 heteroatoms. The van der Waals surface area contributed by atoms with Crippen molar-refractivity contribution in [3.8, 4) is 5.75 Å². The molecule has 0 N–H and O–H groups in total. The normalized spacial score (nSPS) is 14.2. The average Bonchev–Trinajstić information content (AvgIpc) is 2.96. The molecule has 0 saturated carbocycles. The third-order valence-electron chi connectivity index (χ3n) is 4.54. The number of imide groups is 1. The number of fused-ring (bicyclic) bond motifs is 1. The summed E-state index contributed by atoms with van der Waals surface area (Å²) in [4.78, 5) is 27.1. The molecule has 1 heterocycles. The molecule has 0 radical (unpaired) electrons. The Bertz CT molecular complexity index is 951. The Balaban J connectivity index is 1.66. The number of halogens is 1. The molecule has 0 aliphatic carbocycles. The van der Waals surface area contributed by atoms with Crippen LogP contribution >= 0.6 is 11.6 Å². The molecule has 4 nitrogen and oxygen atoms in total. The van der Waals surface area contributed by atoms with Gasteiger partial charge in [-0.1, -0.05) is 54.1 Å². The Morgan fingerprint density at radius 2 is 1.33 bits per heavy atom. The van der Waals surface area contributed by atoms with E-state index in [-0.39, 0.29) is 18.4 Å². The van der Waals surface area contributed by atoms with Crippen molar-refractivity contribution < 1.29 is 14.3 Å². The molecule has 0 bridgehead atoms. The van der Waals surface area contributed by atoms with Crippen LogP contribution in [0.3, 0.4) is 0 Å². The molecule has 0 aromatic heterocycles. The standard InChI is InChI=1S/C22H16ClNO3/c23-16-10-12-17(13-11-16)27-14-20(15-6-2-1-3-7-15)24-21(25)18-8-4-5-9-19(18)22(24)26/h1-13,20H,14H2/t20-/m0/s1. The molecule has 0 fully saturated rings. The maximum atomic E-state index is 12.9. The lowest BCUT2D eigenvalue weighted by Crippen LogP contribution is -2.37. The van der Waals surface area contributed by atoms with E-state index in [2.05, 4.69) is 0 Å². The third kappa shape index (κ3) is 3.32. The summed E-state index contributed by atoms with van der Waals surface area (Å²) >= 11 is 5.91. The minimum atomic E-state index is -0.533. The predicted octanol–water partition coefficient (Wildman–Crippen LogP) is 4.76. The zero-order valence-corrected chi connectivity index (χ0v) is 15.1. The highest BCUT2D eigenvalue weighted by Gasteiger charge is 2.40. The van der Waals surface area contributed by atoms with Crippen molar-refractivity contribution in [2.45, 2.75) is 6.04 Å². The van der Waals surface area contributed by atoms with Gasteiger partial charge in [0.1, 0.15) is 12.4 Å². The minimum Gasteiger partial charge on any atom is -0.491 e. The van der Waals surface area contributed by atoms with Crippen molar-refractivity contribution in [1.29, 1.82) is 0 Å². The van der Waals surface area contributed by atoms with E-state index >= 15 is 0 Å². The Hall–Kier alpha value is -3.11. The van der Waals surface area contributed by atoms with Crippen LogP contribution in [-0.2, 0) is 0 Å². The summed E-state index contributed by atoms with van der Waals surface area (Å²) < 4.78 is 5.88. The summed E-state index contributed by atoms with van der Waals surface area (Å²) in [5.41, 5.74) is 1.69. The fraction of sp³-hybridized carbons (Fsp3) is 0.0909. The number of rotatable bonds is 5. The molecule has 0 unspecified atom stereocenters. The van der Waals surface area contributed by atoms with Crippen LogP contribution in [0.15, 0.2) is 78.9 Å². The van der Waals surface area contributed by atoms with Crippen molar-refractivity contribution in [3.63, 3.8) is 0 Å². The summed E-state index contributed by atoms with van der Waals surface area (Å²) in [5.74, 6) is 0.0188. The van der Waals surface area contributed by atoms with Gasteiger partial charge in [-0.3, -0.25) is 14.5 Å². The van der Waals surface area contributed by atoms with Crippen LogP contribution in [0, 0.1) is 0 Å². The molecule has 1 atom stereocenters. The SMILES string of the molecule is O=C1c2ccccc2C(=O)N1[C@@H](COc1ccc(Cl)cc1)c1ccccc1. The number of benzene rings is 3. The van der Waals surface area contributed by atoms with Crippen molar-refractivity contribution in [3.05, 3.63) is 101 Å². The second-order valence-corrected chi connectivity index (χ2v) is 6.65. The first kappa shape index (κ1) is 17.3. The first-order valence-electron chi connectivity index (χ1n) is 8.55. The number of amides is 2. The summed E-state index contributed by atoms with van der Waals surface area (Å²) in [7, 11) is 0. The molecule has 1 aliphatic heterocycles. The molecular formula is C22H16ClNO3. The van der Waals surface area contributed by atoms with Gasteiger partial charge in [-0.05, 0) is 42.0 Å². The number of ether oxygens (including phenoxy) is 1. The van der Waals surface area contributed by atoms with Gasteiger partial charge in [0, 0.05) is 5.02 Å². The Kier molecular flexibility index (Phi) is 4.65. The van der Waals surface area contributed by atoms with Crippen LogP contribution in [0.2, 0.25) is 5.02 Å². The van der Waals surface area contributed by atoms with Gasteiger partial charge in [-0.25, -0.2) is 0 Å². The second kappa shape index (κ2) is 7.25. The topological polar surface area (TPSA) is 46.6 Å². The van der Waals surface area contributed by atoms with E-state index in [0.29, 0.717) is 21.9 Å². The Morgan fingerprint density at radius 3 is 1.93 bits per heavy atom. The number of hydrogen-bond donors (Lipinski definition) is 0.